The zero-order valence-corrected chi connectivity index (χ0v) is 14.4. The van der Waals surface area contributed by atoms with Gasteiger partial charge in [0.25, 0.3) is 0 Å². The normalized spacial score (nSPS) is 17.7. The average Bonchev–Trinajstić information content (AvgIpc) is 3.34. The number of hydrogen-bond acceptors (Lipinski definition) is 6. The Morgan fingerprint density at radius 2 is 2.29 bits per heavy atom. The molecule has 0 spiro atoms. The summed E-state index contributed by atoms with van der Waals surface area (Å²) in [6.07, 6.45) is 6.02. The SMILES string of the molecule is CCn1cnc2c(N3CCC[C@H]3CC(=O)c3cccs3)ncnc21. The molecule has 6 nitrogen and oxygen atoms in total. The van der Waals surface area contributed by atoms with Crippen molar-refractivity contribution >= 4 is 34.1 Å². The van der Waals surface area contributed by atoms with Crippen LogP contribution in [0.1, 0.15) is 35.9 Å². The summed E-state index contributed by atoms with van der Waals surface area (Å²) in [6, 6.07) is 4.01. The predicted molar refractivity (Wildman–Crippen MR) is 94.6 cm³/mol. The quantitative estimate of drug-likeness (QED) is 0.667. The van der Waals surface area contributed by atoms with E-state index < -0.39 is 0 Å². The first-order valence-corrected chi connectivity index (χ1v) is 9.15. The van der Waals surface area contributed by atoms with Crippen molar-refractivity contribution in [2.45, 2.75) is 38.8 Å². The van der Waals surface area contributed by atoms with Gasteiger partial charge < -0.3 is 9.47 Å². The molecule has 0 amide bonds. The van der Waals surface area contributed by atoms with Crippen LogP contribution in [0.2, 0.25) is 0 Å². The molecule has 1 saturated heterocycles. The third kappa shape index (κ3) is 2.58. The molecule has 0 saturated carbocycles. The van der Waals surface area contributed by atoms with E-state index in [1.165, 1.54) is 11.3 Å². The van der Waals surface area contributed by atoms with Gasteiger partial charge in [0.2, 0.25) is 0 Å². The summed E-state index contributed by atoms with van der Waals surface area (Å²) in [5, 5.41) is 1.95. The number of fused-ring (bicyclic) bond motifs is 1. The second-order valence-electron chi connectivity index (χ2n) is 5.99. The van der Waals surface area contributed by atoms with Crippen molar-refractivity contribution < 1.29 is 4.79 Å². The van der Waals surface area contributed by atoms with E-state index in [4.69, 9.17) is 0 Å². The van der Waals surface area contributed by atoms with Crippen molar-refractivity contribution in [2.75, 3.05) is 11.4 Å². The number of Topliss-reactive ketones (excluding diaryl/α,β-unsaturated/α-hetero) is 1. The van der Waals surface area contributed by atoms with Gasteiger partial charge in [-0.15, -0.1) is 11.3 Å². The van der Waals surface area contributed by atoms with E-state index in [1.807, 2.05) is 28.4 Å². The van der Waals surface area contributed by atoms with Gasteiger partial charge in [0.1, 0.15) is 6.33 Å². The minimum absolute atomic E-state index is 0.185. The molecule has 0 aliphatic carbocycles. The van der Waals surface area contributed by atoms with Gasteiger partial charge in [-0.2, -0.15) is 0 Å². The van der Waals surface area contributed by atoms with Crippen LogP contribution in [-0.4, -0.2) is 37.9 Å². The molecule has 4 rings (SSSR count). The monoisotopic (exact) mass is 341 g/mol. The van der Waals surface area contributed by atoms with E-state index in [2.05, 4.69) is 26.8 Å². The number of thiophene rings is 1. The molecule has 3 aromatic heterocycles. The largest absolute Gasteiger partial charge is 0.351 e. The fourth-order valence-corrected chi connectivity index (χ4v) is 4.06. The predicted octanol–water partition coefficient (Wildman–Crippen LogP) is 3.15. The first-order valence-electron chi connectivity index (χ1n) is 8.27. The molecule has 1 atom stereocenters. The third-order valence-electron chi connectivity index (χ3n) is 4.59. The molecule has 0 bridgehead atoms. The second kappa shape index (κ2) is 6.32. The zero-order valence-electron chi connectivity index (χ0n) is 13.6. The Labute approximate surface area is 144 Å². The molecule has 0 unspecified atom stereocenters. The topological polar surface area (TPSA) is 63.9 Å². The Bertz CT molecular complexity index is 857. The molecule has 0 N–H and O–H groups in total. The lowest BCUT2D eigenvalue weighted by Crippen LogP contribution is -2.32. The lowest BCUT2D eigenvalue weighted by atomic mass is 10.1. The Hall–Kier alpha value is -2.28. The number of anilines is 1. The van der Waals surface area contributed by atoms with Crippen LogP contribution < -0.4 is 4.90 Å². The Morgan fingerprint density at radius 1 is 1.38 bits per heavy atom. The lowest BCUT2D eigenvalue weighted by Gasteiger charge is -2.25. The lowest BCUT2D eigenvalue weighted by molar-refractivity contribution is 0.0978. The van der Waals surface area contributed by atoms with Crippen molar-refractivity contribution in [3.63, 3.8) is 0 Å². The van der Waals surface area contributed by atoms with Crippen LogP contribution in [0.15, 0.2) is 30.2 Å². The summed E-state index contributed by atoms with van der Waals surface area (Å²) in [5.41, 5.74) is 1.69. The number of rotatable bonds is 5. The van der Waals surface area contributed by atoms with Crippen LogP contribution in [0.5, 0.6) is 0 Å². The highest BCUT2D eigenvalue weighted by Crippen LogP contribution is 2.31. The molecule has 4 heterocycles. The standard InChI is InChI=1S/C17H19N5OS/c1-2-21-11-20-15-16(21)18-10-19-17(15)22-7-3-5-12(22)9-13(23)14-6-4-8-24-14/h4,6,8,10-12H,2-3,5,7,9H2,1H3/t12-/m0/s1. The van der Waals surface area contributed by atoms with Crippen LogP contribution in [0.25, 0.3) is 11.2 Å². The number of carbonyl (C=O) groups is 1. The van der Waals surface area contributed by atoms with Crippen molar-refractivity contribution in [1.29, 1.82) is 0 Å². The van der Waals surface area contributed by atoms with Crippen molar-refractivity contribution in [3.05, 3.63) is 35.0 Å². The molecule has 24 heavy (non-hydrogen) atoms. The van der Waals surface area contributed by atoms with Gasteiger partial charge in [-0.1, -0.05) is 6.07 Å². The van der Waals surface area contributed by atoms with Crippen molar-refractivity contribution in [2.24, 2.45) is 0 Å². The number of aromatic nitrogens is 4. The fraction of sp³-hybridized carbons (Fsp3) is 0.412. The highest BCUT2D eigenvalue weighted by atomic mass is 32.1. The molecule has 1 aliphatic rings. The highest BCUT2D eigenvalue weighted by molar-refractivity contribution is 7.12. The van der Waals surface area contributed by atoms with Gasteiger partial charge in [-0.05, 0) is 31.2 Å². The first-order chi connectivity index (χ1) is 11.8. The number of carbonyl (C=O) groups excluding carboxylic acids is 1. The Balaban J connectivity index is 1.63. The average molecular weight is 341 g/mol. The number of ketones is 1. The minimum Gasteiger partial charge on any atom is -0.351 e. The molecule has 124 valence electrons. The molecule has 0 radical (unpaired) electrons. The molecule has 3 aromatic rings. The van der Waals surface area contributed by atoms with Crippen molar-refractivity contribution in [3.8, 4) is 0 Å². The third-order valence-corrected chi connectivity index (χ3v) is 5.50. The van der Waals surface area contributed by atoms with Gasteiger partial charge in [-0.3, -0.25) is 4.79 Å². The van der Waals surface area contributed by atoms with Gasteiger partial charge in [0.05, 0.1) is 11.2 Å². The number of aryl methyl sites for hydroxylation is 1. The van der Waals surface area contributed by atoms with Crippen LogP contribution in [0.3, 0.4) is 0 Å². The first kappa shape index (κ1) is 15.3. The second-order valence-corrected chi connectivity index (χ2v) is 6.94. The molecular formula is C17H19N5OS. The summed E-state index contributed by atoms with van der Waals surface area (Å²) in [6.45, 7) is 3.81. The van der Waals surface area contributed by atoms with E-state index in [-0.39, 0.29) is 11.8 Å². The molecule has 1 aliphatic heterocycles. The molecule has 0 aromatic carbocycles. The maximum absolute atomic E-state index is 12.5. The van der Waals surface area contributed by atoms with E-state index >= 15 is 0 Å². The number of hydrogen-bond donors (Lipinski definition) is 0. The van der Waals surface area contributed by atoms with E-state index in [9.17, 15) is 4.79 Å². The minimum atomic E-state index is 0.185. The molecular weight excluding hydrogens is 322 g/mol. The summed E-state index contributed by atoms with van der Waals surface area (Å²) < 4.78 is 2.02. The molecule has 7 heteroatoms. The van der Waals surface area contributed by atoms with Gasteiger partial charge >= 0.3 is 0 Å². The summed E-state index contributed by atoms with van der Waals surface area (Å²) >= 11 is 1.51. The summed E-state index contributed by atoms with van der Waals surface area (Å²) in [5.74, 6) is 1.07. The Kier molecular flexibility index (Phi) is 4.02. The maximum Gasteiger partial charge on any atom is 0.174 e. The van der Waals surface area contributed by atoms with E-state index in [1.54, 1.807) is 6.33 Å². The maximum atomic E-state index is 12.5. The highest BCUT2D eigenvalue weighted by Gasteiger charge is 2.30. The number of nitrogens with zero attached hydrogens (tertiary/aromatic N) is 5. The van der Waals surface area contributed by atoms with Crippen LogP contribution in [-0.2, 0) is 6.54 Å². The van der Waals surface area contributed by atoms with Crippen LogP contribution in [0, 0.1) is 0 Å². The van der Waals surface area contributed by atoms with Crippen molar-refractivity contribution in [1.82, 2.24) is 19.5 Å². The summed E-state index contributed by atoms with van der Waals surface area (Å²) in [7, 11) is 0. The zero-order chi connectivity index (χ0) is 16.5. The van der Waals surface area contributed by atoms with E-state index in [0.29, 0.717) is 6.42 Å². The number of imidazole rings is 1. The van der Waals surface area contributed by atoms with Gasteiger partial charge in [0, 0.05) is 25.6 Å². The summed E-state index contributed by atoms with van der Waals surface area (Å²) in [4.78, 5) is 28.9. The van der Waals surface area contributed by atoms with Gasteiger partial charge in [-0.25, -0.2) is 15.0 Å². The smallest absolute Gasteiger partial charge is 0.174 e. The van der Waals surface area contributed by atoms with Crippen LogP contribution in [0.4, 0.5) is 5.82 Å². The fourth-order valence-electron chi connectivity index (χ4n) is 3.39. The van der Waals surface area contributed by atoms with Crippen LogP contribution >= 0.6 is 11.3 Å². The Morgan fingerprint density at radius 3 is 3.08 bits per heavy atom. The molecule has 1 fully saturated rings. The van der Waals surface area contributed by atoms with E-state index in [0.717, 1.165) is 47.8 Å². The van der Waals surface area contributed by atoms with Gasteiger partial charge in [0.15, 0.2) is 22.8 Å².